The number of carboxylic acids is 1. The van der Waals surface area contributed by atoms with Crippen LogP contribution in [0.5, 0.6) is 0 Å². The highest BCUT2D eigenvalue weighted by molar-refractivity contribution is 5.72. The molecule has 0 amide bonds. The fourth-order valence-corrected chi connectivity index (χ4v) is 1.75. The van der Waals surface area contributed by atoms with Gasteiger partial charge in [0.1, 0.15) is 0 Å². The molecule has 3 nitrogen and oxygen atoms in total. The smallest absolute Gasteiger partial charge is 0.307 e. The molecule has 0 fully saturated rings. The van der Waals surface area contributed by atoms with Gasteiger partial charge in [-0.05, 0) is 17.5 Å². The second-order valence-electron chi connectivity index (χ2n) is 3.50. The number of nitriles is 1. The maximum atomic E-state index is 12.7. The minimum absolute atomic E-state index is 0.0627. The summed E-state index contributed by atoms with van der Waals surface area (Å²) in [6.07, 6.45) is -2.72. The molecule has 0 saturated carbocycles. The Morgan fingerprint density at radius 1 is 1.53 bits per heavy atom. The van der Waals surface area contributed by atoms with Crippen molar-refractivity contribution in [2.75, 3.05) is 0 Å². The van der Waals surface area contributed by atoms with E-state index < -0.39 is 12.4 Å². The van der Waals surface area contributed by atoms with E-state index in [1.807, 2.05) is 6.07 Å². The summed E-state index contributed by atoms with van der Waals surface area (Å²) in [5.74, 6) is -1.09. The monoisotopic (exact) mass is 239 g/mol. The standard InChI is InChI=1S/C12H11F2NO2/c1-2-8-9(12(13)14)4-3-7(5-11(16)17)10(8)6-15/h3-4,12H,2,5H2,1H3,(H,16,17). The Hall–Kier alpha value is -1.96. The molecule has 0 aromatic heterocycles. The zero-order chi connectivity index (χ0) is 13.0. The van der Waals surface area contributed by atoms with Gasteiger partial charge in [-0.25, -0.2) is 8.78 Å². The van der Waals surface area contributed by atoms with Crippen molar-refractivity contribution in [3.8, 4) is 6.07 Å². The highest BCUT2D eigenvalue weighted by Crippen LogP contribution is 2.28. The van der Waals surface area contributed by atoms with Crippen LogP contribution in [0.4, 0.5) is 8.78 Å². The maximum Gasteiger partial charge on any atom is 0.307 e. The lowest BCUT2D eigenvalue weighted by atomic mass is 9.93. The molecule has 5 heteroatoms. The first kappa shape index (κ1) is 13.1. The predicted molar refractivity (Wildman–Crippen MR) is 56.8 cm³/mol. The fraction of sp³-hybridized carbons (Fsp3) is 0.333. The van der Waals surface area contributed by atoms with E-state index in [4.69, 9.17) is 10.4 Å². The van der Waals surface area contributed by atoms with Gasteiger partial charge in [-0.2, -0.15) is 5.26 Å². The fourth-order valence-electron chi connectivity index (χ4n) is 1.75. The first-order chi connectivity index (χ1) is 8.01. The molecule has 0 heterocycles. The molecule has 1 rings (SSSR count). The number of rotatable bonds is 4. The summed E-state index contributed by atoms with van der Waals surface area (Å²) in [6, 6.07) is 4.30. The van der Waals surface area contributed by atoms with Crippen LogP contribution in [-0.2, 0) is 17.6 Å². The number of benzene rings is 1. The van der Waals surface area contributed by atoms with E-state index in [1.165, 1.54) is 12.1 Å². The summed E-state index contributed by atoms with van der Waals surface area (Å²) in [5.41, 5.74) is 0.383. The minimum Gasteiger partial charge on any atom is -0.481 e. The van der Waals surface area contributed by atoms with Gasteiger partial charge in [0.05, 0.1) is 18.1 Å². The minimum atomic E-state index is -2.66. The molecule has 0 aliphatic heterocycles. The second-order valence-corrected chi connectivity index (χ2v) is 3.50. The molecule has 0 unspecified atom stereocenters. The lowest BCUT2D eigenvalue weighted by Crippen LogP contribution is -2.06. The first-order valence-electron chi connectivity index (χ1n) is 5.05. The van der Waals surface area contributed by atoms with Gasteiger partial charge in [0, 0.05) is 5.56 Å². The second kappa shape index (κ2) is 5.39. The molecule has 0 atom stereocenters. The Labute approximate surface area is 97.3 Å². The zero-order valence-corrected chi connectivity index (χ0v) is 9.20. The van der Waals surface area contributed by atoms with Crippen molar-refractivity contribution in [2.24, 2.45) is 0 Å². The lowest BCUT2D eigenvalue weighted by Gasteiger charge is -2.12. The number of nitrogens with zero attached hydrogens (tertiary/aromatic N) is 1. The van der Waals surface area contributed by atoms with Crippen LogP contribution in [0.25, 0.3) is 0 Å². The van der Waals surface area contributed by atoms with E-state index in [-0.39, 0.29) is 35.1 Å². The first-order valence-corrected chi connectivity index (χ1v) is 5.05. The summed E-state index contributed by atoms with van der Waals surface area (Å²) in [6.45, 7) is 1.66. The Morgan fingerprint density at radius 3 is 2.59 bits per heavy atom. The third-order valence-electron chi connectivity index (χ3n) is 2.48. The number of halogens is 2. The van der Waals surface area contributed by atoms with Crippen LogP contribution < -0.4 is 0 Å². The van der Waals surface area contributed by atoms with Crippen molar-refractivity contribution in [1.29, 1.82) is 5.26 Å². The van der Waals surface area contributed by atoms with E-state index in [2.05, 4.69) is 0 Å². The van der Waals surface area contributed by atoms with Crippen molar-refractivity contribution < 1.29 is 18.7 Å². The Bertz CT molecular complexity index is 478. The summed E-state index contributed by atoms with van der Waals surface area (Å²) < 4.78 is 25.4. The summed E-state index contributed by atoms with van der Waals surface area (Å²) in [4.78, 5) is 10.6. The van der Waals surface area contributed by atoms with Crippen LogP contribution in [0.3, 0.4) is 0 Å². The van der Waals surface area contributed by atoms with E-state index in [0.29, 0.717) is 0 Å². The van der Waals surface area contributed by atoms with Gasteiger partial charge >= 0.3 is 5.97 Å². The van der Waals surface area contributed by atoms with Gasteiger partial charge in [-0.15, -0.1) is 0 Å². The lowest BCUT2D eigenvalue weighted by molar-refractivity contribution is -0.136. The van der Waals surface area contributed by atoms with Crippen LogP contribution in [0.2, 0.25) is 0 Å². The Balaban J connectivity index is 3.38. The van der Waals surface area contributed by atoms with Crippen molar-refractivity contribution in [3.05, 3.63) is 34.4 Å². The van der Waals surface area contributed by atoms with Crippen LogP contribution in [0.15, 0.2) is 12.1 Å². The Morgan fingerprint density at radius 2 is 2.18 bits per heavy atom. The number of hydrogen-bond acceptors (Lipinski definition) is 2. The predicted octanol–water partition coefficient (Wildman–Crippen LogP) is 2.69. The molecular formula is C12H11F2NO2. The van der Waals surface area contributed by atoms with Crippen LogP contribution in [0.1, 0.15) is 35.6 Å². The highest BCUT2D eigenvalue weighted by Gasteiger charge is 2.18. The number of aliphatic carboxylic acids is 1. The SMILES string of the molecule is CCc1c(C(F)F)ccc(CC(=O)O)c1C#N. The van der Waals surface area contributed by atoms with E-state index in [9.17, 15) is 13.6 Å². The van der Waals surface area contributed by atoms with E-state index in [1.54, 1.807) is 6.92 Å². The average molecular weight is 239 g/mol. The van der Waals surface area contributed by atoms with Crippen LogP contribution >= 0.6 is 0 Å². The summed E-state index contributed by atoms with van der Waals surface area (Å²) in [5, 5.41) is 17.6. The molecule has 1 aromatic rings. The molecule has 0 spiro atoms. The maximum absolute atomic E-state index is 12.7. The molecule has 1 aromatic carbocycles. The third-order valence-corrected chi connectivity index (χ3v) is 2.48. The molecule has 0 bridgehead atoms. The molecule has 0 aliphatic rings. The van der Waals surface area contributed by atoms with Crippen molar-refractivity contribution in [2.45, 2.75) is 26.2 Å². The van der Waals surface area contributed by atoms with Gasteiger partial charge in [-0.3, -0.25) is 4.79 Å². The largest absolute Gasteiger partial charge is 0.481 e. The molecule has 0 aliphatic carbocycles. The number of alkyl halides is 2. The van der Waals surface area contributed by atoms with Crippen molar-refractivity contribution in [3.63, 3.8) is 0 Å². The van der Waals surface area contributed by atoms with Crippen LogP contribution in [0, 0.1) is 11.3 Å². The van der Waals surface area contributed by atoms with Crippen molar-refractivity contribution >= 4 is 5.97 Å². The third kappa shape index (κ3) is 2.78. The zero-order valence-electron chi connectivity index (χ0n) is 9.20. The average Bonchev–Trinajstić information content (AvgIpc) is 2.26. The normalized spacial score (nSPS) is 10.3. The molecule has 0 radical (unpaired) electrons. The van der Waals surface area contributed by atoms with Crippen LogP contribution in [-0.4, -0.2) is 11.1 Å². The van der Waals surface area contributed by atoms with Gasteiger partial charge in [0.15, 0.2) is 0 Å². The van der Waals surface area contributed by atoms with Gasteiger partial charge in [0.2, 0.25) is 0 Å². The number of hydrogen-bond donors (Lipinski definition) is 1. The van der Waals surface area contributed by atoms with E-state index in [0.717, 1.165) is 0 Å². The van der Waals surface area contributed by atoms with Gasteiger partial charge in [0.25, 0.3) is 6.43 Å². The van der Waals surface area contributed by atoms with Crippen molar-refractivity contribution in [1.82, 2.24) is 0 Å². The number of carbonyl (C=O) groups is 1. The van der Waals surface area contributed by atoms with Gasteiger partial charge in [-0.1, -0.05) is 19.1 Å². The quantitative estimate of drug-likeness (QED) is 0.878. The summed E-state index contributed by atoms with van der Waals surface area (Å²) >= 11 is 0. The summed E-state index contributed by atoms with van der Waals surface area (Å²) in [7, 11) is 0. The Kier molecular flexibility index (Phi) is 4.16. The van der Waals surface area contributed by atoms with Gasteiger partial charge < -0.3 is 5.11 Å². The molecule has 17 heavy (non-hydrogen) atoms. The molecule has 90 valence electrons. The van der Waals surface area contributed by atoms with E-state index >= 15 is 0 Å². The molecule has 1 N–H and O–H groups in total. The molecular weight excluding hydrogens is 228 g/mol. The highest BCUT2D eigenvalue weighted by atomic mass is 19.3. The number of carboxylic acid groups (broad SMARTS) is 1. The molecule has 0 saturated heterocycles. The topological polar surface area (TPSA) is 61.1 Å².